The molecule has 17 heavy (non-hydrogen) atoms. The number of methoxy groups -OCH3 is 1. The summed E-state index contributed by atoms with van der Waals surface area (Å²) < 4.78 is 5.11. The average molecular weight is 240 g/mol. The van der Waals surface area contributed by atoms with Gasteiger partial charge in [0.05, 0.1) is 6.04 Å². The van der Waals surface area contributed by atoms with E-state index in [2.05, 4.69) is 5.32 Å². The van der Waals surface area contributed by atoms with E-state index in [1.54, 1.807) is 7.11 Å². The van der Waals surface area contributed by atoms with Crippen molar-refractivity contribution in [2.75, 3.05) is 33.4 Å². The summed E-state index contributed by atoms with van der Waals surface area (Å²) in [6, 6.07) is 0.102. The summed E-state index contributed by atoms with van der Waals surface area (Å²) in [5.41, 5.74) is 0. The van der Waals surface area contributed by atoms with Gasteiger partial charge in [0.2, 0.25) is 5.91 Å². The van der Waals surface area contributed by atoms with Gasteiger partial charge in [-0.1, -0.05) is 0 Å². The monoisotopic (exact) mass is 240 g/mol. The van der Waals surface area contributed by atoms with E-state index in [0.717, 1.165) is 64.3 Å². The minimum Gasteiger partial charge on any atom is -0.385 e. The predicted octanol–water partition coefficient (Wildman–Crippen LogP) is 1.01. The number of rotatable bonds is 4. The third-order valence-electron chi connectivity index (χ3n) is 4.01. The van der Waals surface area contributed by atoms with Crippen LogP contribution >= 0.6 is 0 Å². The Morgan fingerprint density at radius 1 is 1.35 bits per heavy atom. The van der Waals surface area contributed by atoms with Gasteiger partial charge >= 0.3 is 0 Å². The topological polar surface area (TPSA) is 41.6 Å². The maximum Gasteiger partial charge on any atom is 0.239 e. The van der Waals surface area contributed by atoms with Gasteiger partial charge in [0.1, 0.15) is 0 Å². The maximum absolute atomic E-state index is 12.2. The Balaban J connectivity index is 1.72. The molecule has 0 aromatic heterocycles. The smallest absolute Gasteiger partial charge is 0.239 e. The SMILES string of the molecule is COCCC1CCN(C(=O)C2CCCN2)CC1. The highest BCUT2D eigenvalue weighted by molar-refractivity contribution is 5.82. The van der Waals surface area contributed by atoms with Gasteiger partial charge in [0.15, 0.2) is 0 Å². The molecule has 0 aliphatic carbocycles. The first-order valence-corrected chi connectivity index (χ1v) is 6.82. The second kappa shape index (κ2) is 6.36. The molecular weight excluding hydrogens is 216 g/mol. The summed E-state index contributed by atoms with van der Waals surface area (Å²) >= 11 is 0. The van der Waals surface area contributed by atoms with Gasteiger partial charge in [-0.05, 0) is 44.6 Å². The molecule has 0 radical (unpaired) electrons. The summed E-state index contributed by atoms with van der Waals surface area (Å²) in [5, 5.41) is 3.29. The standard InChI is InChI=1S/C13H24N2O2/c1-17-10-6-11-4-8-15(9-5-11)13(16)12-3-2-7-14-12/h11-12,14H,2-10H2,1H3. The van der Waals surface area contributed by atoms with Crippen molar-refractivity contribution in [3.05, 3.63) is 0 Å². The van der Waals surface area contributed by atoms with E-state index in [1.807, 2.05) is 4.90 Å². The van der Waals surface area contributed by atoms with Crippen molar-refractivity contribution in [2.24, 2.45) is 5.92 Å². The molecule has 2 saturated heterocycles. The highest BCUT2D eigenvalue weighted by Gasteiger charge is 2.29. The molecule has 1 atom stereocenters. The van der Waals surface area contributed by atoms with E-state index in [9.17, 15) is 4.79 Å². The molecule has 0 spiro atoms. The fourth-order valence-corrected chi connectivity index (χ4v) is 2.84. The van der Waals surface area contributed by atoms with Crippen LogP contribution < -0.4 is 5.32 Å². The van der Waals surface area contributed by atoms with Crippen molar-refractivity contribution >= 4 is 5.91 Å². The minimum absolute atomic E-state index is 0.102. The van der Waals surface area contributed by atoms with E-state index in [-0.39, 0.29) is 6.04 Å². The van der Waals surface area contributed by atoms with Crippen molar-refractivity contribution in [1.82, 2.24) is 10.2 Å². The molecule has 2 rings (SSSR count). The zero-order chi connectivity index (χ0) is 12.1. The number of hydrogen-bond acceptors (Lipinski definition) is 3. The van der Waals surface area contributed by atoms with Crippen LogP contribution in [-0.4, -0.2) is 50.2 Å². The van der Waals surface area contributed by atoms with Crippen molar-refractivity contribution in [3.63, 3.8) is 0 Å². The number of hydrogen-bond donors (Lipinski definition) is 1. The third-order valence-corrected chi connectivity index (χ3v) is 4.01. The lowest BCUT2D eigenvalue weighted by molar-refractivity contribution is -0.134. The van der Waals surface area contributed by atoms with Crippen LogP contribution in [0, 0.1) is 5.92 Å². The molecule has 4 heteroatoms. The highest BCUT2D eigenvalue weighted by atomic mass is 16.5. The van der Waals surface area contributed by atoms with E-state index in [0.29, 0.717) is 5.91 Å². The van der Waals surface area contributed by atoms with E-state index < -0.39 is 0 Å². The van der Waals surface area contributed by atoms with Crippen LogP contribution in [0.3, 0.4) is 0 Å². The van der Waals surface area contributed by atoms with Crippen molar-refractivity contribution in [3.8, 4) is 0 Å². The van der Waals surface area contributed by atoms with Crippen LogP contribution in [0.5, 0.6) is 0 Å². The molecule has 2 aliphatic heterocycles. The van der Waals surface area contributed by atoms with Crippen LogP contribution in [0.4, 0.5) is 0 Å². The molecule has 1 unspecified atom stereocenters. The van der Waals surface area contributed by atoms with Crippen LogP contribution in [0.1, 0.15) is 32.1 Å². The Morgan fingerprint density at radius 2 is 2.12 bits per heavy atom. The summed E-state index contributed by atoms with van der Waals surface area (Å²) in [5.74, 6) is 1.07. The molecule has 0 aromatic rings. The molecule has 1 amide bonds. The van der Waals surface area contributed by atoms with E-state index in [1.165, 1.54) is 0 Å². The number of piperidine rings is 1. The van der Waals surface area contributed by atoms with Gasteiger partial charge in [0.25, 0.3) is 0 Å². The molecule has 98 valence electrons. The molecule has 0 bridgehead atoms. The van der Waals surface area contributed by atoms with Crippen molar-refractivity contribution < 1.29 is 9.53 Å². The lowest BCUT2D eigenvalue weighted by atomic mass is 9.93. The number of carbonyl (C=O) groups excluding carboxylic acids is 1. The maximum atomic E-state index is 12.2. The average Bonchev–Trinajstić information content (AvgIpc) is 2.90. The lowest BCUT2D eigenvalue weighted by Crippen LogP contribution is -2.47. The largest absolute Gasteiger partial charge is 0.385 e. The van der Waals surface area contributed by atoms with Crippen LogP contribution in [0.15, 0.2) is 0 Å². The number of amides is 1. The number of ether oxygens (including phenoxy) is 1. The molecule has 4 nitrogen and oxygen atoms in total. The molecule has 1 N–H and O–H groups in total. The number of likely N-dealkylation sites (tertiary alicyclic amines) is 1. The first kappa shape index (κ1) is 12.8. The Labute approximate surface area is 104 Å². The Bertz CT molecular complexity index is 244. The second-order valence-corrected chi connectivity index (χ2v) is 5.20. The zero-order valence-corrected chi connectivity index (χ0v) is 10.8. The van der Waals surface area contributed by atoms with Gasteiger partial charge < -0.3 is 15.0 Å². The van der Waals surface area contributed by atoms with E-state index in [4.69, 9.17) is 4.74 Å². The Morgan fingerprint density at radius 3 is 2.71 bits per heavy atom. The molecule has 0 aromatic carbocycles. The summed E-state index contributed by atoms with van der Waals surface area (Å²) in [6.45, 7) is 3.72. The predicted molar refractivity (Wildman–Crippen MR) is 66.8 cm³/mol. The zero-order valence-electron chi connectivity index (χ0n) is 10.8. The van der Waals surface area contributed by atoms with Gasteiger partial charge in [-0.3, -0.25) is 4.79 Å². The molecule has 2 heterocycles. The fourth-order valence-electron chi connectivity index (χ4n) is 2.84. The molecule has 2 fully saturated rings. The Hall–Kier alpha value is -0.610. The number of nitrogens with one attached hydrogen (secondary N) is 1. The summed E-state index contributed by atoms with van der Waals surface area (Å²) in [7, 11) is 1.75. The highest BCUT2D eigenvalue weighted by Crippen LogP contribution is 2.21. The molecule has 0 saturated carbocycles. The van der Waals surface area contributed by atoms with Crippen LogP contribution in [-0.2, 0) is 9.53 Å². The normalized spacial score (nSPS) is 26.4. The van der Waals surface area contributed by atoms with Gasteiger partial charge in [-0.25, -0.2) is 0 Å². The number of carbonyl (C=O) groups is 1. The van der Waals surface area contributed by atoms with Gasteiger partial charge in [-0.2, -0.15) is 0 Å². The van der Waals surface area contributed by atoms with Crippen LogP contribution in [0.2, 0.25) is 0 Å². The van der Waals surface area contributed by atoms with Crippen molar-refractivity contribution in [1.29, 1.82) is 0 Å². The summed E-state index contributed by atoms with van der Waals surface area (Å²) in [6.07, 6.45) is 5.58. The first-order chi connectivity index (χ1) is 8.31. The van der Waals surface area contributed by atoms with Crippen molar-refractivity contribution in [2.45, 2.75) is 38.1 Å². The Kier molecular flexibility index (Phi) is 4.80. The fraction of sp³-hybridized carbons (Fsp3) is 0.923. The van der Waals surface area contributed by atoms with Gasteiger partial charge in [-0.15, -0.1) is 0 Å². The number of nitrogens with zero attached hydrogens (tertiary/aromatic N) is 1. The van der Waals surface area contributed by atoms with Crippen LogP contribution in [0.25, 0.3) is 0 Å². The first-order valence-electron chi connectivity index (χ1n) is 6.82. The molecular formula is C13H24N2O2. The second-order valence-electron chi connectivity index (χ2n) is 5.20. The summed E-state index contributed by atoms with van der Waals surface area (Å²) in [4.78, 5) is 14.2. The van der Waals surface area contributed by atoms with E-state index >= 15 is 0 Å². The minimum atomic E-state index is 0.102. The third kappa shape index (κ3) is 3.42. The molecule has 2 aliphatic rings. The quantitative estimate of drug-likeness (QED) is 0.797. The lowest BCUT2D eigenvalue weighted by Gasteiger charge is -2.33. The van der Waals surface area contributed by atoms with Gasteiger partial charge in [0, 0.05) is 26.8 Å².